The third-order valence-corrected chi connectivity index (χ3v) is 2.51. The van der Waals surface area contributed by atoms with E-state index in [2.05, 4.69) is 16.6 Å². The van der Waals surface area contributed by atoms with E-state index in [-0.39, 0.29) is 18.7 Å². The number of aliphatic carboxylic acids is 1. The summed E-state index contributed by atoms with van der Waals surface area (Å²) in [5.41, 5.74) is 0.445. The Morgan fingerprint density at radius 3 is 2.52 bits per heavy atom. The van der Waals surface area contributed by atoms with Crippen molar-refractivity contribution in [3.05, 3.63) is 52.6 Å². The normalized spacial score (nSPS) is 11.2. The molecule has 0 aliphatic heterocycles. The highest BCUT2D eigenvalue weighted by Crippen LogP contribution is 2.13. The van der Waals surface area contributed by atoms with Gasteiger partial charge in [0.05, 0.1) is 4.92 Å². The molecule has 0 aliphatic rings. The van der Waals surface area contributed by atoms with E-state index < -0.39 is 23.0 Å². The number of rotatable bonds is 7. The number of carboxylic acid groups (broad SMARTS) is 1. The topological polar surface area (TPSA) is 119 Å². The number of carbonyl (C=O) groups is 2. The second-order valence-corrected chi connectivity index (χ2v) is 4.05. The summed E-state index contributed by atoms with van der Waals surface area (Å²) in [7, 11) is 0. The van der Waals surface area contributed by atoms with Crippen LogP contribution in [0.15, 0.2) is 36.9 Å². The first-order valence-corrected chi connectivity index (χ1v) is 5.94. The van der Waals surface area contributed by atoms with Crippen molar-refractivity contribution < 1.29 is 24.4 Å². The summed E-state index contributed by atoms with van der Waals surface area (Å²) in [5, 5.41) is 21.8. The van der Waals surface area contributed by atoms with Gasteiger partial charge in [-0.15, -0.1) is 0 Å². The number of non-ortho nitro benzene ring substituents is 1. The molecule has 2 N–H and O–H groups in total. The van der Waals surface area contributed by atoms with Crippen LogP contribution in [0.5, 0.6) is 0 Å². The number of amides is 1. The van der Waals surface area contributed by atoms with Gasteiger partial charge in [0.2, 0.25) is 0 Å². The predicted molar refractivity (Wildman–Crippen MR) is 72.9 cm³/mol. The number of benzene rings is 1. The predicted octanol–water partition coefficient (Wildman–Crippen LogP) is 1.50. The van der Waals surface area contributed by atoms with Crippen LogP contribution < -0.4 is 5.32 Å². The van der Waals surface area contributed by atoms with Crippen LogP contribution in [0.2, 0.25) is 0 Å². The van der Waals surface area contributed by atoms with Gasteiger partial charge in [-0.25, -0.2) is 9.59 Å². The first-order chi connectivity index (χ1) is 9.93. The molecule has 0 spiro atoms. The summed E-state index contributed by atoms with van der Waals surface area (Å²) < 4.78 is 4.64. The van der Waals surface area contributed by atoms with Gasteiger partial charge in [-0.1, -0.05) is 24.8 Å². The Balaban J connectivity index is 2.69. The van der Waals surface area contributed by atoms with Crippen LogP contribution in [0.4, 0.5) is 10.5 Å². The monoisotopic (exact) mass is 294 g/mol. The number of nitrogens with zero attached hydrogens (tertiary/aromatic N) is 1. The minimum atomic E-state index is -1.23. The van der Waals surface area contributed by atoms with Crippen molar-refractivity contribution in [2.45, 2.75) is 12.5 Å². The van der Waals surface area contributed by atoms with Crippen LogP contribution in [0.3, 0.4) is 0 Å². The first kappa shape index (κ1) is 16.2. The fraction of sp³-hybridized carbons (Fsp3) is 0.231. The second kappa shape index (κ2) is 7.63. The van der Waals surface area contributed by atoms with Gasteiger partial charge in [0.1, 0.15) is 12.6 Å². The van der Waals surface area contributed by atoms with E-state index in [1.54, 1.807) is 0 Å². The molecule has 0 radical (unpaired) electrons. The minimum Gasteiger partial charge on any atom is -0.480 e. The lowest BCUT2D eigenvalue weighted by Gasteiger charge is -2.14. The Morgan fingerprint density at radius 1 is 1.43 bits per heavy atom. The first-order valence-electron chi connectivity index (χ1n) is 5.94. The zero-order chi connectivity index (χ0) is 15.8. The molecule has 0 aromatic heterocycles. The highest BCUT2D eigenvalue weighted by atomic mass is 16.6. The Labute approximate surface area is 120 Å². The van der Waals surface area contributed by atoms with Crippen molar-refractivity contribution in [3.8, 4) is 0 Å². The molecule has 8 heteroatoms. The molecule has 8 nitrogen and oxygen atoms in total. The number of carboxylic acids is 1. The summed E-state index contributed by atoms with van der Waals surface area (Å²) in [6, 6.07) is 4.22. The fourth-order valence-electron chi connectivity index (χ4n) is 1.51. The van der Waals surface area contributed by atoms with E-state index in [4.69, 9.17) is 5.11 Å². The van der Waals surface area contributed by atoms with Crippen LogP contribution in [0.1, 0.15) is 5.56 Å². The van der Waals surface area contributed by atoms with Crippen molar-refractivity contribution in [1.29, 1.82) is 0 Å². The summed E-state index contributed by atoms with van der Waals surface area (Å²) >= 11 is 0. The fourth-order valence-corrected chi connectivity index (χ4v) is 1.51. The Morgan fingerprint density at radius 2 is 2.05 bits per heavy atom. The number of nitrogens with one attached hydrogen (secondary N) is 1. The van der Waals surface area contributed by atoms with E-state index in [9.17, 15) is 19.7 Å². The van der Waals surface area contributed by atoms with Gasteiger partial charge < -0.3 is 15.2 Å². The third-order valence-electron chi connectivity index (χ3n) is 2.51. The van der Waals surface area contributed by atoms with Crippen molar-refractivity contribution in [3.63, 3.8) is 0 Å². The van der Waals surface area contributed by atoms with Crippen LogP contribution >= 0.6 is 0 Å². The number of carbonyl (C=O) groups excluding carboxylic acids is 1. The van der Waals surface area contributed by atoms with E-state index in [0.29, 0.717) is 5.56 Å². The molecule has 1 rings (SSSR count). The molecule has 0 bridgehead atoms. The SMILES string of the molecule is C=CCOC(=O)N[C@H](Cc1ccc([N+](=O)[O-])cc1)C(=O)O. The molecular weight excluding hydrogens is 280 g/mol. The second-order valence-electron chi connectivity index (χ2n) is 4.05. The van der Waals surface area contributed by atoms with Gasteiger partial charge >= 0.3 is 12.1 Å². The standard InChI is InChI=1S/C13H14N2O6/c1-2-7-21-13(18)14-11(12(16)17)8-9-3-5-10(6-4-9)15(19)20/h2-6,11H,1,7-8H2,(H,14,18)(H,16,17)/t11-/m1/s1. The molecule has 1 aromatic carbocycles. The van der Waals surface area contributed by atoms with Crippen molar-refractivity contribution in [2.75, 3.05) is 6.61 Å². The van der Waals surface area contributed by atoms with Crippen LogP contribution in [0.25, 0.3) is 0 Å². The molecule has 112 valence electrons. The average Bonchev–Trinajstić information content (AvgIpc) is 2.44. The molecule has 1 atom stereocenters. The Hall–Kier alpha value is -2.90. The lowest BCUT2D eigenvalue weighted by atomic mass is 10.1. The summed E-state index contributed by atoms with van der Waals surface area (Å²) in [6.45, 7) is 3.33. The molecule has 0 saturated heterocycles. The summed E-state index contributed by atoms with van der Waals surface area (Å²) in [5.74, 6) is -1.23. The highest BCUT2D eigenvalue weighted by molar-refractivity contribution is 5.80. The number of nitro benzene ring substituents is 1. The molecule has 0 aliphatic carbocycles. The number of alkyl carbamates (subject to hydrolysis) is 1. The maximum atomic E-state index is 11.3. The number of nitro groups is 1. The maximum Gasteiger partial charge on any atom is 0.408 e. The quantitative estimate of drug-likeness (QED) is 0.447. The minimum absolute atomic E-state index is 0.0173. The van der Waals surface area contributed by atoms with Gasteiger partial charge in [0, 0.05) is 18.6 Å². The van der Waals surface area contributed by atoms with Crippen LogP contribution in [0, 0.1) is 10.1 Å². The summed E-state index contributed by atoms with van der Waals surface area (Å²) in [4.78, 5) is 32.4. The highest BCUT2D eigenvalue weighted by Gasteiger charge is 2.21. The Bertz CT molecular complexity index is 540. The molecule has 1 aromatic rings. The van der Waals surface area contributed by atoms with Gasteiger partial charge in [-0.3, -0.25) is 10.1 Å². The molecule has 0 fully saturated rings. The number of ether oxygens (including phenoxy) is 1. The molecule has 0 saturated carbocycles. The lowest BCUT2D eigenvalue weighted by Crippen LogP contribution is -2.42. The van der Waals surface area contributed by atoms with E-state index in [1.807, 2.05) is 0 Å². The van der Waals surface area contributed by atoms with Crippen molar-refractivity contribution in [1.82, 2.24) is 5.32 Å². The third kappa shape index (κ3) is 5.31. The molecular formula is C13H14N2O6. The number of hydrogen-bond acceptors (Lipinski definition) is 5. The van der Waals surface area contributed by atoms with Crippen LogP contribution in [-0.2, 0) is 16.0 Å². The maximum absolute atomic E-state index is 11.3. The molecule has 0 heterocycles. The lowest BCUT2D eigenvalue weighted by molar-refractivity contribution is -0.384. The van der Waals surface area contributed by atoms with Gasteiger partial charge in [-0.05, 0) is 5.56 Å². The van der Waals surface area contributed by atoms with E-state index in [1.165, 1.54) is 30.3 Å². The van der Waals surface area contributed by atoms with Crippen molar-refractivity contribution >= 4 is 17.7 Å². The van der Waals surface area contributed by atoms with Gasteiger partial charge in [0.25, 0.3) is 5.69 Å². The van der Waals surface area contributed by atoms with E-state index in [0.717, 1.165) is 0 Å². The zero-order valence-corrected chi connectivity index (χ0v) is 11.0. The smallest absolute Gasteiger partial charge is 0.408 e. The number of hydrogen-bond donors (Lipinski definition) is 2. The Kier molecular flexibility index (Phi) is 5.87. The average molecular weight is 294 g/mol. The summed E-state index contributed by atoms with van der Waals surface area (Å²) in [6.07, 6.45) is 0.464. The van der Waals surface area contributed by atoms with E-state index >= 15 is 0 Å². The van der Waals surface area contributed by atoms with Gasteiger partial charge in [0.15, 0.2) is 0 Å². The molecule has 1 amide bonds. The largest absolute Gasteiger partial charge is 0.480 e. The van der Waals surface area contributed by atoms with Crippen LogP contribution in [-0.4, -0.2) is 34.7 Å². The zero-order valence-electron chi connectivity index (χ0n) is 11.0. The van der Waals surface area contributed by atoms with Crippen molar-refractivity contribution in [2.24, 2.45) is 0 Å². The van der Waals surface area contributed by atoms with Gasteiger partial charge in [-0.2, -0.15) is 0 Å². The molecule has 0 unspecified atom stereocenters. The molecule has 21 heavy (non-hydrogen) atoms.